The number of carboxylic acids is 1. The van der Waals surface area contributed by atoms with Crippen LogP contribution in [0.4, 0.5) is 5.69 Å². The molecule has 1 heterocycles. The van der Waals surface area contributed by atoms with Crippen LogP contribution in [-0.2, 0) is 0 Å². The van der Waals surface area contributed by atoms with Gasteiger partial charge in [0.05, 0.1) is 17.3 Å². The topological polar surface area (TPSA) is 128 Å². The summed E-state index contributed by atoms with van der Waals surface area (Å²) in [5.74, 6) is -1.93. The van der Waals surface area contributed by atoms with Crippen LogP contribution < -0.4 is 16.4 Å². The summed E-state index contributed by atoms with van der Waals surface area (Å²) >= 11 is 0. The van der Waals surface area contributed by atoms with Crippen molar-refractivity contribution in [1.29, 1.82) is 0 Å². The first-order valence-electron chi connectivity index (χ1n) is 8.29. The molecule has 2 N–H and O–H groups in total. The maximum Gasteiger partial charge on any atom is 0.335 e. The molecule has 1 aromatic heterocycles. The van der Waals surface area contributed by atoms with E-state index in [1.165, 1.54) is 24.3 Å². The van der Waals surface area contributed by atoms with Gasteiger partial charge in [0.1, 0.15) is 5.56 Å². The third-order valence-corrected chi connectivity index (χ3v) is 4.29. The minimum Gasteiger partial charge on any atom is -0.545 e. The highest BCUT2D eigenvalue weighted by atomic mass is 16.4. The summed E-state index contributed by atoms with van der Waals surface area (Å²) in [6, 6.07) is 10.7. The molecule has 0 amide bonds. The van der Waals surface area contributed by atoms with E-state index in [9.17, 15) is 24.6 Å². The number of benzene rings is 2. The van der Waals surface area contributed by atoms with E-state index in [1.807, 2.05) is 13.8 Å². The van der Waals surface area contributed by atoms with Gasteiger partial charge in [-0.15, -0.1) is 0 Å². The van der Waals surface area contributed by atoms with Crippen LogP contribution in [0, 0.1) is 13.8 Å². The Hall–Kier alpha value is -3.94. The largest absolute Gasteiger partial charge is 0.545 e. The van der Waals surface area contributed by atoms with Gasteiger partial charge in [0, 0.05) is 6.21 Å². The van der Waals surface area contributed by atoms with Crippen LogP contribution in [0.1, 0.15) is 27.0 Å². The Morgan fingerprint density at radius 1 is 1.14 bits per heavy atom. The van der Waals surface area contributed by atoms with E-state index in [1.54, 1.807) is 18.2 Å². The first-order chi connectivity index (χ1) is 13.3. The first-order valence-corrected chi connectivity index (χ1v) is 8.29. The second kappa shape index (κ2) is 7.36. The minimum absolute atomic E-state index is 0.0760. The number of aromatic amines is 1. The second-order valence-corrected chi connectivity index (χ2v) is 6.20. The molecule has 0 aliphatic heterocycles. The molecule has 28 heavy (non-hydrogen) atoms. The van der Waals surface area contributed by atoms with Gasteiger partial charge in [-0.3, -0.25) is 14.8 Å². The lowest BCUT2D eigenvalue weighted by atomic mass is 10.1. The van der Waals surface area contributed by atoms with Crippen LogP contribution in [-0.4, -0.2) is 26.8 Å². The van der Waals surface area contributed by atoms with Crippen molar-refractivity contribution >= 4 is 17.9 Å². The Kier molecular flexibility index (Phi) is 4.95. The number of carbonyl (C=O) groups is 1. The zero-order chi connectivity index (χ0) is 20.4. The van der Waals surface area contributed by atoms with Crippen molar-refractivity contribution in [3.05, 3.63) is 85.6 Å². The molecule has 3 rings (SSSR count). The Bertz CT molecular complexity index is 1220. The fraction of sp³-hybridized carbons (Fsp3) is 0.100. The van der Waals surface area contributed by atoms with Gasteiger partial charge in [-0.2, -0.15) is 0 Å². The smallest absolute Gasteiger partial charge is 0.335 e. The summed E-state index contributed by atoms with van der Waals surface area (Å²) in [6.07, 6.45) is 1.07. The lowest BCUT2D eigenvalue weighted by Crippen LogP contribution is -2.31. The lowest BCUT2D eigenvalue weighted by Gasteiger charge is -2.11. The van der Waals surface area contributed by atoms with Crippen LogP contribution in [0.5, 0.6) is 5.88 Å². The van der Waals surface area contributed by atoms with E-state index in [0.29, 0.717) is 5.69 Å². The standard InChI is InChI=1S/C20H17N3O5/c1-11-6-7-15(8-12(11)2)23-18(25)16(17(24)22-20(23)28)10-21-14-5-3-4-13(9-14)19(26)27/h3-10,25H,1-2H3,(H,26,27)(H,22,24,28)/p-1. The zero-order valence-corrected chi connectivity index (χ0v) is 15.1. The van der Waals surface area contributed by atoms with Crippen LogP contribution >= 0.6 is 0 Å². The number of carboxylic acid groups (broad SMARTS) is 1. The van der Waals surface area contributed by atoms with Gasteiger partial charge in [-0.05, 0) is 54.8 Å². The molecule has 8 heteroatoms. The van der Waals surface area contributed by atoms with Crippen molar-refractivity contribution in [2.24, 2.45) is 4.99 Å². The number of aromatic hydroxyl groups is 1. The third kappa shape index (κ3) is 3.61. The number of rotatable bonds is 4. The maximum absolute atomic E-state index is 12.2. The molecule has 8 nitrogen and oxygen atoms in total. The average Bonchev–Trinajstić information content (AvgIpc) is 2.64. The Morgan fingerprint density at radius 2 is 1.89 bits per heavy atom. The minimum atomic E-state index is -1.36. The fourth-order valence-electron chi connectivity index (χ4n) is 2.61. The van der Waals surface area contributed by atoms with Crippen LogP contribution in [0.25, 0.3) is 5.69 Å². The zero-order valence-electron chi connectivity index (χ0n) is 15.1. The SMILES string of the molecule is Cc1ccc(-n2c(O)c(C=Nc3cccc(C(=O)[O-])c3)c(=O)[nH]c2=O)cc1C. The molecular weight excluding hydrogens is 362 g/mol. The number of carbonyl (C=O) groups excluding carboxylic acids is 1. The predicted molar refractivity (Wildman–Crippen MR) is 102 cm³/mol. The highest BCUT2D eigenvalue weighted by Crippen LogP contribution is 2.19. The van der Waals surface area contributed by atoms with Gasteiger partial charge < -0.3 is 15.0 Å². The number of aryl methyl sites for hydroxylation is 2. The molecular formula is C20H16N3O5-. The molecule has 0 saturated carbocycles. The van der Waals surface area contributed by atoms with E-state index in [2.05, 4.69) is 9.98 Å². The number of hydrogen-bond donors (Lipinski definition) is 2. The fourth-order valence-corrected chi connectivity index (χ4v) is 2.61. The summed E-state index contributed by atoms with van der Waals surface area (Å²) in [4.78, 5) is 41.5. The average molecular weight is 378 g/mol. The maximum atomic E-state index is 12.2. The third-order valence-electron chi connectivity index (χ3n) is 4.29. The van der Waals surface area contributed by atoms with Crippen molar-refractivity contribution < 1.29 is 15.0 Å². The van der Waals surface area contributed by atoms with Crippen LogP contribution in [0.15, 0.2) is 57.0 Å². The number of nitrogens with zero attached hydrogens (tertiary/aromatic N) is 2. The summed E-state index contributed by atoms with van der Waals surface area (Å²) < 4.78 is 0.965. The van der Waals surface area contributed by atoms with Crippen molar-refractivity contribution in [2.45, 2.75) is 13.8 Å². The van der Waals surface area contributed by atoms with Gasteiger partial charge in [0.2, 0.25) is 5.88 Å². The summed E-state index contributed by atoms with van der Waals surface area (Å²) in [5, 5.41) is 21.5. The van der Waals surface area contributed by atoms with Gasteiger partial charge in [0.25, 0.3) is 5.56 Å². The molecule has 0 aliphatic carbocycles. The quantitative estimate of drug-likeness (QED) is 0.654. The van der Waals surface area contributed by atoms with E-state index < -0.39 is 23.1 Å². The lowest BCUT2D eigenvalue weighted by molar-refractivity contribution is -0.255. The molecule has 2 aromatic carbocycles. The predicted octanol–water partition coefficient (Wildman–Crippen LogP) is 0.962. The molecule has 0 fully saturated rings. The van der Waals surface area contributed by atoms with Gasteiger partial charge in [0.15, 0.2) is 0 Å². The summed E-state index contributed by atoms with van der Waals surface area (Å²) in [6.45, 7) is 3.77. The normalized spacial score (nSPS) is 11.1. The molecule has 0 spiro atoms. The van der Waals surface area contributed by atoms with Gasteiger partial charge >= 0.3 is 5.69 Å². The molecule has 3 aromatic rings. The highest BCUT2D eigenvalue weighted by Gasteiger charge is 2.14. The molecule has 0 bridgehead atoms. The van der Waals surface area contributed by atoms with Gasteiger partial charge in [-0.1, -0.05) is 18.2 Å². The second-order valence-electron chi connectivity index (χ2n) is 6.20. The highest BCUT2D eigenvalue weighted by molar-refractivity contribution is 5.88. The van der Waals surface area contributed by atoms with E-state index in [4.69, 9.17) is 0 Å². The monoisotopic (exact) mass is 378 g/mol. The van der Waals surface area contributed by atoms with E-state index >= 15 is 0 Å². The molecule has 0 aliphatic rings. The Morgan fingerprint density at radius 3 is 2.57 bits per heavy atom. The van der Waals surface area contributed by atoms with Crippen molar-refractivity contribution in [1.82, 2.24) is 9.55 Å². The number of hydrogen-bond acceptors (Lipinski definition) is 6. The number of nitrogens with one attached hydrogen (secondary N) is 1. The van der Waals surface area contributed by atoms with Crippen LogP contribution in [0.2, 0.25) is 0 Å². The number of H-pyrrole nitrogens is 1. The van der Waals surface area contributed by atoms with Gasteiger partial charge in [-0.25, -0.2) is 9.36 Å². The molecule has 0 saturated heterocycles. The molecule has 0 unspecified atom stereocenters. The molecule has 0 atom stereocenters. The van der Waals surface area contributed by atoms with Crippen molar-refractivity contribution in [3.63, 3.8) is 0 Å². The first kappa shape index (κ1) is 18.8. The van der Waals surface area contributed by atoms with E-state index in [-0.39, 0.29) is 16.8 Å². The van der Waals surface area contributed by atoms with E-state index in [0.717, 1.165) is 21.9 Å². The summed E-state index contributed by atoms with van der Waals surface area (Å²) in [7, 11) is 0. The molecule has 0 radical (unpaired) electrons. The Labute approximate surface area is 159 Å². The van der Waals surface area contributed by atoms with Crippen molar-refractivity contribution in [3.8, 4) is 11.6 Å². The molecule has 142 valence electrons. The van der Waals surface area contributed by atoms with Crippen LogP contribution in [0.3, 0.4) is 0 Å². The number of aromatic carboxylic acids is 1. The summed E-state index contributed by atoms with van der Waals surface area (Å²) in [5.41, 5.74) is 0.619. The number of aromatic nitrogens is 2. The van der Waals surface area contributed by atoms with Crippen molar-refractivity contribution in [2.75, 3.05) is 0 Å². The number of aliphatic imine (C=N–C) groups is 1. The Balaban J connectivity index is 2.11.